The zero-order chi connectivity index (χ0) is 13.7. The van der Waals surface area contributed by atoms with Crippen molar-refractivity contribution in [1.29, 1.82) is 0 Å². The molecule has 1 unspecified atom stereocenters. The van der Waals surface area contributed by atoms with Crippen LogP contribution in [0.5, 0.6) is 0 Å². The predicted octanol–water partition coefficient (Wildman–Crippen LogP) is 5.29. The molecule has 19 heavy (non-hydrogen) atoms. The van der Waals surface area contributed by atoms with E-state index in [2.05, 4.69) is 37.4 Å². The summed E-state index contributed by atoms with van der Waals surface area (Å²) >= 11 is 8.34. The molecule has 0 aromatic heterocycles. The zero-order valence-corrected chi connectivity index (χ0v) is 13.5. The minimum Gasteiger partial charge on any atom is -0.310 e. The molecule has 106 valence electrons. The van der Waals surface area contributed by atoms with Crippen LogP contribution >= 0.6 is 23.4 Å². The summed E-state index contributed by atoms with van der Waals surface area (Å²) in [5.74, 6) is 2.13. The molecule has 0 bridgehead atoms. The van der Waals surface area contributed by atoms with Gasteiger partial charge in [0.1, 0.15) is 0 Å². The van der Waals surface area contributed by atoms with Crippen molar-refractivity contribution >= 4 is 23.4 Å². The van der Waals surface area contributed by atoms with Gasteiger partial charge in [-0.1, -0.05) is 37.4 Å². The highest BCUT2D eigenvalue weighted by Crippen LogP contribution is 2.34. The molecule has 0 aliphatic heterocycles. The third-order valence-corrected chi connectivity index (χ3v) is 5.65. The summed E-state index contributed by atoms with van der Waals surface area (Å²) in [6.07, 6.45) is 5.64. The molecule has 0 heterocycles. The fourth-order valence-electron chi connectivity index (χ4n) is 2.71. The molecule has 0 radical (unpaired) electrons. The topological polar surface area (TPSA) is 12.0 Å². The van der Waals surface area contributed by atoms with Gasteiger partial charge in [-0.05, 0) is 49.9 Å². The van der Waals surface area contributed by atoms with Crippen LogP contribution in [0.15, 0.2) is 23.1 Å². The Morgan fingerprint density at radius 2 is 2.11 bits per heavy atom. The molecule has 1 aromatic rings. The van der Waals surface area contributed by atoms with Crippen molar-refractivity contribution in [2.24, 2.45) is 5.92 Å². The lowest BCUT2D eigenvalue weighted by Gasteiger charge is -2.15. The van der Waals surface area contributed by atoms with Crippen molar-refractivity contribution in [1.82, 2.24) is 5.32 Å². The van der Waals surface area contributed by atoms with Crippen LogP contribution in [0.1, 0.15) is 51.1 Å². The molecule has 2 rings (SSSR count). The SMILES string of the molecule is CCNC(C)c1ccc(SCC2CCCC2)c(Cl)c1. The normalized spacial score (nSPS) is 17.8. The summed E-state index contributed by atoms with van der Waals surface area (Å²) in [6, 6.07) is 6.88. The second-order valence-corrected chi connectivity index (χ2v) is 6.90. The number of hydrogen-bond acceptors (Lipinski definition) is 2. The fraction of sp³-hybridized carbons (Fsp3) is 0.625. The van der Waals surface area contributed by atoms with E-state index in [1.807, 2.05) is 11.8 Å². The van der Waals surface area contributed by atoms with Crippen LogP contribution in [0.4, 0.5) is 0 Å². The van der Waals surface area contributed by atoms with Crippen molar-refractivity contribution in [2.75, 3.05) is 12.3 Å². The number of benzene rings is 1. The highest BCUT2D eigenvalue weighted by molar-refractivity contribution is 7.99. The maximum Gasteiger partial charge on any atom is 0.0545 e. The molecule has 1 aliphatic carbocycles. The second kappa shape index (κ2) is 7.56. The van der Waals surface area contributed by atoms with Gasteiger partial charge < -0.3 is 5.32 Å². The Balaban J connectivity index is 1.94. The van der Waals surface area contributed by atoms with Crippen molar-refractivity contribution in [3.05, 3.63) is 28.8 Å². The first-order valence-electron chi connectivity index (χ1n) is 7.36. The van der Waals surface area contributed by atoms with Crippen molar-refractivity contribution < 1.29 is 0 Å². The first-order chi connectivity index (χ1) is 9.20. The monoisotopic (exact) mass is 297 g/mol. The summed E-state index contributed by atoms with van der Waals surface area (Å²) in [5, 5.41) is 4.33. The number of nitrogens with one attached hydrogen (secondary N) is 1. The van der Waals surface area contributed by atoms with Gasteiger partial charge >= 0.3 is 0 Å². The summed E-state index contributed by atoms with van der Waals surface area (Å²) in [4.78, 5) is 1.24. The summed E-state index contributed by atoms with van der Waals surface area (Å²) in [6.45, 7) is 5.29. The lowest BCUT2D eigenvalue weighted by Crippen LogP contribution is -2.17. The summed E-state index contributed by atoms with van der Waals surface area (Å²) < 4.78 is 0. The van der Waals surface area contributed by atoms with Crippen LogP contribution in [0.3, 0.4) is 0 Å². The van der Waals surface area contributed by atoms with Gasteiger partial charge in [-0.15, -0.1) is 11.8 Å². The average Bonchev–Trinajstić information content (AvgIpc) is 2.90. The van der Waals surface area contributed by atoms with Gasteiger partial charge in [-0.25, -0.2) is 0 Å². The second-order valence-electron chi connectivity index (χ2n) is 5.43. The van der Waals surface area contributed by atoms with Crippen molar-refractivity contribution in [2.45, 2.75) is 50.5 Å². The Kier molecular flexibility index (Phi) is 6.06. The van der Waals surface area contributed by atoms with Gasteiger partial charge in [0.05, 0.1) is 5.02 Å². The molecule has 1 aromatic carbocycles. The summed E-state index contributed by atoms with van der Waals surface area (Å²) in [5.41, 5.74) is 1.28. The molecule has 0 amide bonds. The molecular formula is C16H24ClNS. The van der Waals surface area contributed by atoms with Gasteiger partial charge in [0.25, 0.3) is 0 Å². The Morgan fingerprint density at radius 3 is 2.74 bits per heavy atom. The van der Waals surface area contributed by atoms with Gasteiger partial charge in [0, 0.05) is 16.7 Å². The Morgan fingerprint density at radius 1 is 1.37 bits per heavy atom. The van der Waals surface area contributed by atoms with E-state index in [0.717, 1.165) is 17.5 Å². The standard InChI is InChI=1S/C16H24ClNS/c1-3-18-12(2)14-8-9-16(15(17)10-14)19-11-13-6-4-5-7-13/h8-10,12-13,18H,3-7,11H2,1-2H3. The van der Waals surface area contributed by atoms with Gasteiger partial charge in [0.15, 0.2) is 0 Å². The fourth-order valence-corrected chi connectivity index (χ4v) is 4.17. The Hall–Kier alpha value is -0.180. The minimum absolute atomic E-state index is 0.372. The highest BCUT2D eigenvalue weighted by atomic mass is 35.5. The summed E-state index contributed by atoms with van der Waals surface area (Å²) in [7, 11) is 0. The van der Waals surface area contributed by atoms with Crippen LogP contribution in [0.25, 0.3) is 0 Å². The Bertz CT molecular complexity index is 402. The highest BCUT2D eigenvalue weighted by Gasteiger charge is 2.16. The maximum absolute atomic E-state index is 6.41. The van der Waals surface area contributed by atoms with Crippen LogP contribution < -0.4 is 5.32 Å². The van der Waals surface area contributed by atoms with Gasteiger partial charge in [-0.3, -0.25) is 0 Å². The third kappa shape index (κ3) is 4.40. The number of halogens is 1. The lowest BCUT2D eigenvalue weighted by molar-refractivity contribution is 0.598. The zero-order valence-electron chi connectivity index (χ0n) is 11.9. The molecule has 1 aliphatic rings. The van der Waals surface area contributed by atoms with E-state index >= 15 is 0 Å². The molecule has 3 heteroatoms. The average molecular weight is 298 g/mol. The molecule has 1 N–H and O–H groups in total. The molecule has 1 fully saturated rings. The first kappa shape index (κ1) is 15.2. The molecule has 1 saturated carbocycles. The quantitative estimate of drug-likeness (QED) is 0.716. The van der Waals surface area contributed by atoms with Gasteiger partial charge in [-0.2, -0.15) is 0 Å². The van der Waals surface area contributed by atoms with E-state index < -0.39 is 0 Å². The smallest absolute Gasteiger partial charge is 0.0545 e. The number of hydrogen-bond donors (Lipinski definition) is 1. The number of rotatable bonds is 6. The Labute approximate surface area is 126 Å². The number of thioether (sulfide) groups is 1. The van der Waals surface area contributed by atoms with Crippen LogP contribution in [0, 0.1) is 5.92 Å². The van der Waals surface area contributed by atoms with Crippen LogP contribution in [0.2, 0.25) is 5.02 Å². The van der Waals surface area contributed by atoms with E-state index in [0.29, 0.717) is 6.04 Å². The minimum atomic E-state index is 0.372. The third-order valence-electron chi connectivity index (χ3n) is 3.92. The first-order valence-corrected chi connectivity index (χ1v) is 8.72. The van der Waals surface area contributed by atoms with Gasteiger partial charge in [0.2, 0.25) is 0 Å². The predicted molar refractivity (Wildman–Crippen MR) is 86.2 cm³/mol. The van der Waals surface area contributed by atoms with Crippen LogP contribution in [-0.2, 0) is 0 Å². The van der Waals surface area contributed by atoms with Crippen molar-refractivity contribution in [3.8, 4) is 0 Å². The van der Waals surface area contributed by atoms with E-state index in [1.54, 1.807) is 0 Å². The molecule has 1 nitrogen and oxygen atoms in total. The van der Waals surface area contributed by atoms with E-state index in [-0.39, 0.29) is 0 Å². The van der Waals surface area contributed by atoms with Crippen molar-refractivity contribution in [3.63, 3.8) is 0 Å². The largest absolute Gasteiger partial charge is 0.310 e. The molecule has 0 saturated heterocycles. The molecule has 0 spiro atoms. The van der Waals surface area contributed by atoms with E-state index in [9.17, 15) is 0 Å². The van der Waals surface area contributed by atoms with E-state index in [1.165, 1.54) is 41.9 Å². The molecular weight excluding hydrogens is 274 g/mol. The maximum atomic E-state index is 6.41. The van der Waals surface area contributed by atoms with Crippen LogP contribution in [-0.4, -0.2) is 12.3 Å². The molecule has 1 atom stereocenters. The van der Waals surface area contributed by atoms with E-state index in [4.69, 9.17) is 11.6 Å². The lowest BCUT2D eigenvalue weighted by atomic mass is 10.1.